The fourth-order valence-electron chi connectivity index (χ4n) is 8.80. The van der Waals surface area contributed by atoms with Crippen LogP contribution in [0.3, 0.4) is 0 Å². The fourth-order valence-corrected chi connectivity index (χ4v) is 8.80. The zero-order valence-corrected chi connectivity index (χ0v) is 22.4. The van der Waals surface area contributed by atoms with E-state index in [2.05, 4.69) is 64.0 Å². The SMILES string of the molecule is Cc1cc(C=NCCNC2C[C@H]3C[C@H](C3(C)C)[C@@]2(C)O)c(O)c([C@@H]2C[C@H]3CC[C@]2(C)C3(C)C)c1. The Hall–Kier alpha value is -1.39. The van der Waals surface area contributed by atoms with Crippen molar-refractivity contribution in [3.63, 3.8) is 0 Å². The number of aromatic hydroxyl groups is 1. The number of aliphatic hydroxyl groups is 1. The molecular weight excluding hydrogens is 420 g/mol. The van der Waals surface area contributed by atoms with Crippen molar-refractivity contribution in [3.8, 4) is 5.75 Å². The van der Waals surface area contributed by atoms with Crippen LogP contribution in [0.2, 0.25) is 0 Å². The number of aliphatic imine (C=N–C) groups is 1. The Morgan fingerprint density at radius 2 is 1.79 bits per heavy atom. The predicted octanol–water partition coefficient (Wildman–Crippen LogP) is 5.82. The molecule has 5 fully saturated rings. The Bertz CT molecular complexity index is 994. The highest BCUT2D eigenvalue weighted by Gasteiger charge is 2.63. The lowest BCUT2D eigenvalue weighted by molar-refractivity contribution is -0.208. The molecule has 5 aliphatic carbocycles. The Labute approximate surface area is 206 Å². The smallest absolute Gasteiger partial charge is 0.127 e. The number of phenols is 1. The van der Waals surface area contributed by atoms with Gasteiger partial charge in [0.15, 0.2) is 0 Å². The molecule has 0 aromatic heterocycles. The van der Waals surface area contributed by atoms with Gasteiger partial charge in [0.25, 0.3) is 0 Å². The van der Waals surface area contributed by atoms with Gasteiger partial charge in [-0.2, -0.15) is 0 Å². The van der Waals surface area contributed by atoms with Crippen molar-refractivity contribution in [2.45, 2.75) is 98.1 Å². The van der Waals surface area contributed by atoms with Crippen molar-refractivity contribution in [3.05, 3.63) is 28.8 Å². The second-order valence-electron chi connectivity index (χ2n) is 13.8. The lowest BCUT2D eigenvalue weighted by Gasteiger charge is -2.65. The molecule has 1 aromatic carbocycles. The molecule has 0 radical (unpaired) electrons. The van der Waals surface area contributed by atoms with Crippen LogP contribution in [0.5, 0.6) is 5.75 Å². The lowest BCUT2D eigenvalue weighted by atomic mass is 9.43. The Morgan fingerprint density at radius 1 is 1.06 bits per heavy atom. The van der Waals surface area contributed by atoms with Gasteiger partial charge < -0.3 is 15.5 Å². The molecule has 0 aliphatic heterocycles. The number of nitrogens with one attached hydrogen (secondary N) is 1. The highest BCUT2D eigenvalue weighted by molar-refractivity contribution is 5.84. The van der Waals surface area contributed by atoms with Gasteiger partial charge in [-0.3, -0.25) is 4.99 Å². The summed E-state index contributed by atoms with van der Waals surface area (Å²) in [5.41, 5.74) is 3.32. The van der Waals surface area contributed by atoms with E-state index in [0.29, 0.717) is 35.5 Å². The number of nitrogens with zero attached hydrogens (tertiary/aromatic N) is 1. The number of aryl methyl sites for hydroxylation is 1. The first-order valence-corrected chi connectivity index (χ1v) is 13.6. The lowest BCUT2D eigenvalue weighted by Crippen LogP contribution is -2.69. The van der Waals surface area contributed by atoms with Crippen LogP contribution in [0, 0.1) is 40.9 Å². The largest absolute Gasteiger partial charge is 0.507 e. The molecule has 188 valence electrons. The number of rotatable bonds is 6. The highest BCUT2D eigenvalue weighted by Crippen LogP contribution is 2.71. The normalized spacial score (nSPS) is 41.7. The third kappa shape index (κ3) is 3.34. The summed E-state index contributed by atoms with van der Waals surface area (Å²) in [6, 6.07) is 4.40. The van der Waals surface area contributed by atoms with Crippen molar-refractivity contribution < 1.29 is 10.2 Å². The number of hydrogen-bond donors (Lipinski definition) is 3. The van der Waals surface area contributed by atoms with Crippen LogP contribution in [0.25, 0.3) is 0 Å². The third-order valence-corrected chi connectivity index (χ3v) is 11.7. The monoisotopic (exact) mass is 466 g/mol. The van der Waals surface area contributed by atoms with Crippen molar-refractivity contribution in [1.82, 2.24) is 5.32 Å². The van der Waals surface area contributed by atoms with Gasteiger partial charge in [0.1, 0.15) is 5.75 Å². The van der Waals surface area contributed by atoms with E-state index in [9.17, 15) is 10.2 Å². The van der Waals surface area contributed by atoms with Gasteiger partial charge >= 0.3 is 0 Å². The maximum Gasteiger partial charge on any atom is 0.127 e. The van der Waals surface area contributed by atoms with E-state index in [0.717, 1.165) is 36.4 Å². The van der Waals surface area contributed by atoms with Crippen molar-refractivity contribution in [1.29, 1.82) is 0 Å². The maximum absolute atomic E-state index is 11.3. The van der Waals surface area contributed by atoms with E-state index in [1.165, 1.54) is 24.8 Å². The van der Waals surface area contributed by atoms with Crippen LogP contribution in [-0.2, 0) is 0 Å². The molecular formula is C30H46N2O2. The molecule has 0 spiro atoms. The Kier molecular flexibility index (Phi) is 5.58. The molecule has 4 heteroatoms. The van der Waals surface area contributed by atoms with Crippen LogP contribution in [-0.4, -0.2) is 41.2 Å². The molecule has 1 unspecified atom stereocenters. The van der Waals surface area contributed by atoms with Crippen LogP contribution in [0.15, 0.2) is 17.1 Å². The van der Waals surface area contributed by atoms with Gasteiger partial charge in [-0.1, -0.05) is 40.7 Å². The molecule has 0 amide bonds. The Morgan fingerprint density at radius 3 is 2.38 bits per heavy atom. The standard InChI is InChI=1S/C30H46N2O2/c1-18-12-19(26(33)22(13-18)23-14-20-8-9-29(23,6)28(20,4)5)17-31-10-11-32-25-16-21-15-24(27(21,2)3)30(25,7)34/h12-13,17,20-21,23-25,32-34H,8-11,14-16H2,1-7H3/t20-,21-,23+,24-,25?,29+,30-/m1/s1. The van der Waals surface area contributed by atoms with Gasteiger partial charge in [-0.05, 0) is 103 Å². The van der Waals surface area contributed by atoms with Gasteiger partial charge in [0, 0.05) is 24.4 Å². The minimum absolute atomic E-state index is 0.139. The van der Waals surface area contributed by atoms with Crippen LogP contribution in [0.1, 0.15) is 96.3 Å². The molecule has 1 aromatic rings. The predicted molar refractivity (Wildman–Crippen MR) is 140 cm³/mol. The second-order valence-corrected chi connectivity index (χ2v) is 13.8. The topological polar surface area (TPSA) is 64.9 Å². The van der Waals surface area contributed by atoms with E-state index in [1.807, 2.05) is 13.1 Å². The summed E-state index contributed by atoms with van der Waals surface area (Å²) in [5, 5.41) is 26.0. The first-order valence-electron chi connectivity index (χ1n) is 13.6. The molecule has 0 heterocycles. The highest BCUT2D eigenvalue weighted by atomic mass is 16.3. The summed E-state index contributed by atoms with van der Waals surface area (Å²) in [6.07, 6.45) is 7.81. The van der Waals surface area contributed by atoms with Gasteiger partial charge in [-0.15, -0.1) is 0 Å². The van der Waals surface area contributed by atoms with Crippen molar-refractivity contribution in [2.24, 2.45) is 39.0 Å². The molecule has 4 nitrogen and oxygen atoms in total. The van der Waals surface area contributed by atoms with E-state index >= 15 is 0 Å². The Balaban J connectivity index is 1.24. The molecule has 5 aliphatic rings. The summed E-state index contributed by atoms with van der Waals surface area (Å²) in [5.74, 6) is 2.67. The zero-order chi connectivity index (χ0) is 24.7. The molecule has 34 heavy (non-hydrogen) atoms. The number of hydrogen-bond acceptors (Lipinski definition) is 4. The maximum atomic E-state index is 11.3. The summed E-state index contributed by atoms with van der Waals surface area (Å²) in [4.78, 5) is 4.67. The number of phenolic OH excluding ortho intramolecular Hbond substituents is 1. The third-order valence-electron chi connectivity index (χ3n) is 11.7. The van der Waals surface area contributed by atoms with Crippen molar-refractivity contribution in [2.75, 3.05) is 13.1 Å². The summed E-state index contributed by atoms with van der Waals surface area (Å²) in [7, 11) is 0. The van der Waals surface area contributed by atoms with Crippen molar-refractivity contribution >= 4 is 6.21 Å². The van der Waals surface area contributed by atoms with E-state index < -0.39 is 5.60 Å². The summed E-state index contributed by atoms with van der Waals surface area (Å²) >= 11 is 0. The molecule has 3 N–H and O–H groups in total. The molecule has 7 atom stereocenters. The summed E-state index contributed by atoms with van der Waals surface area (Å²) < 4.78 is 0. The zero-order valence-electron chi connectivity index (χ0n) is 22.4. The first kappa shape index (κ1) is 24.3. The van der Waals surface area contributed by atoms with Crippen LogP contribution in [0.4, 0.5) is 0 Å². The quantitative estimate of drug-likeness (QED) is 0.365. The average Bonchev–Trinajstić information content (AvgIpc) is 3.09. The molecule has 5 saturated carbocycles. The van der Waals surface area contributed by atoms with E-state index in [4.69, 9.17) is 0 Å². The second kappa shape index (κ2) is 7.80. The molecule has 6 rings (SSSR count). The first-order chi connectivity index (χ1) is 15.8. The van der Waals surface area contributed by atoms with Crippen LogP contribution >= 0.6 is 0 Å². The molecule has 4 bridgehead atoms. The van der Waals surface area contributed by atoms with Gasteiger partial charge in [-0.25, -0.2) is 0 Å². The summed E-state index contributed by atoms with van der Waals surface area (Å²) in [6.45, 7) is 17.4. The minimum Gasteiger partial charge on any atom is -0.507 e. The number of fused-ring (bicyclic) bond motifs is 4. The minimum atomic E-state index is -0.657. The van der Waals surface area contributed by atoms with Crippen LogP contribution < -0.4 is 5.32 Å². The van der Waals surface area contributed by atoms with Gasteiger partial charge in [0.05, 0.1) is 12.1 Å². The van der Waals surface area contributed by atoms with E-state index in [1.54, 1.807) is 0 Å². The van der Waals surface area contributed by atoms with E-state index in [-0.39, 0.29) is 16.9 Å². The molecule has 0 saturated heterocycles. The fraction of sp³-hybridized carbons (Fsp3) is 0.767. The van der Waals surface area contributed by atoms with Gasteiger partial charge in [0.2, 0.25) is 0 Å². The number of benzene rings is 1. The average molecular weight is 467 g/mol.